The first-order valence-corrected chi connectivity index (χ1v) is 4.07. The second-order valence-electron chi connectivity index (χ2n) is 2.87. The molecule has 0 aromatic heterocycles. The Kier molecular flexibility index (Phi) is 2.04. The first kappa shape index (κ1) is 8.29. The summed E-state index contributed by atoms with van der Waals surface area (Å²) >= 11 is 0. The van der Waals surface area contributed by atoms with E-state index in [0.717, 1.165) is 24.2 Å². The molecule has 0 unspecified atom stereocenters. The molecule has 0 bridgehead atoms. The Balaban J connectivity index is 2.21. The first-order valence-electron chi connectivity index (χ1n) is 4.07. The Morgan fingerprint density at radius 2 is 2.23 bits per heavy atom. The number of nitrogens with one attached hydrogen (secondary N) is 1. The highest BCUT2D eigenvalue weighted by atomic mass is 19.3. The average Bonchev–Trinajstić information content (AvgIpc) is 2.49. The maximum absolute atomic E-state index is 11.8. The molecule has 4 heteroatoms. The normalized spacial score (nSPS) is 14.1. The van der Waals surface area contributed by atoms with Gasteiger partial charge in [-0.3, -0.25) is 0 Å². The summed E-state index contributed by atoms with van der Waals surface area (Å²) in [5.41, 5.74) is 2.06. The van der Waals surface area contributed by atoms with E-state index in [1.165, 1.54) is 0 Å². The molecule has 1 N–H and O–H groups in total. The van der Waals surface area contributed by atoms with Crippen molar-refractivity contribution in [3.8, 4) is 5.75 Å². The van der Waals surface area contributed by atoms with Crippen molar-refractivity contribution in [1.82, 2.24) is 0 Å². The van der Waals surface area contributed by atoms with Crippen LogP contribution in [0.15, 0.2) is 18.2 Å². The van der Waals surface area contributed by atoms with Crippen molar-refractivity contribution in [3.63, 3.8) is 0 Å². The van der Waals surface area contributed by atoms with Crippen LogP contribution in [0, 0.1) is 0 Å². The van der Waals surface area contributed by atoms with Crippen molar-refractivity contribution in [2.45, 2.75) is 13.0 Å². The number of rotatable bonds is 2. The summed E-state index contributed by atoms with van der Waals surface area (Å²) in [7, 11) is 0. The van der Waals surface area contributed by atoms with Gasteiger partial charge in [-0.2, -0.15) is 8.78 Å². The number of anilines is 1. The molecular weight excluding hydrogens is 176 g/mol. The van der Waals surface area contributed by atoms with E-state index in [9.17, 15) is 8.78 Å². The lowest BCUT2D eigenvalue weighted by Gasteiger charge is -2.06. The minimum Gasteiger partial charge on any atom is -0.435 e. The third-order valence-corrected chi connectivity index (χ3v) is 2.02. The molecule has 1 aliphatic heterocycles. The minimum atomic E-state index is -2.75. The van der Waals surface area contributed by atoms with Gasteiger partial charge in [0.1, 0.15) is 5.75 Å². The Morgan fingerprint density at radius 3 is 3.00 bits per heavy atom. The number of halogens is 2. The van der Waals surface area contributed by atoms with E-state index < -0.39 is 6.61 Å². The van der Waals surface area contributed by atoms with Crippen LogP contribution in [-0.4, -0.2) is 13.2 Å². The lowest BCUT2D eigenvalue weighted by Crippen LogP contribution is -2.02. The number of benzene rings is 1. The summed E-state index contributed by atoms with van der Waals surface area (Å²) in [6.45, 7) is -1.88. The summed E-state index contributed by atoms with van der Waals surface area (Å²) < 4.78 is 27.9. The summed E-state index contributed by atoms with van der Waals surface area (Å²) in [4.78, 5) is 0. The lowest BCUT2D eigenvalue weighted by atomic mass is 10.2. The molecule has 0 saturated heterocycles. The highest BCUT2D eigenvalue weighted by Gasteiger charge is 2.11. The smallest absolute Gasteiger partial charge is 0.387 e. The Hall–Kier alpha value is -1.32. The zero-order valence-corrected chi connectivity index (χ0v) is 6.89. The van der Waals surface area contributed by atoms with Gasteiger partial charge in [-0.15, -0.1) is 0 Å². The van der Waals surface area contributed by atoms with Gasteiger partial charge in [-0.1, -0.05) is 6.07 Å². The standard InChI is InChI=1S/C9H9F2NO/c10-9(11)13-7-2-1-6-3-4-12-8(6)5-7/h1-2,5,9,12H,3-4H2. The number of hydrogen-bond acceptors (Lipinski definition) is 2. The predicted molar refractivity (Wildman–Crippen MR) is 45.3 cm³/mol. The molecule has 1 aromatic carbocycles. The molecule has 0 fully saturated rings. The van der Waals surface area contributed by atoms with Crippen LogP contribution >= 0.6 is 0 Å². The molecule has 1 heterocycles. The molecule has 0 amide bonds. The number of alkyl halides is 2. The van der Waals surface area contributed by atoms with Crippen molar-refractivity contribution in [1.29, 1.82) is 0 Å². The van der Waals surface area contributed by atoms with Gasteiger partial charge in [-0.05, 0) is 18.1 Å². The fourth-order valence-corrected chi connectivity index (χ4v) is 1.45. The molecular formula is C9H9F2NO. The second kappa shape index (κ2) is 3.20. The van der Waals surface area contributed by atoms with Gasteiger partial charge in [0.2, 0.25) is 0 Å². The fourth-order valence-electron chi connectivity index (χ4n) is 1.45. The maximum Gasteiger partial charge on any atom is 0.387 e. The van der Waals surface area contributed by atoms with Crippen LogP contribution in [0.1, 0.15) is 5.56 Å². The van der Waals surface area contributed by atoms with Crippen LogP contribution in [0.3, 0.4) is 0 Å². The van der Waals surface area contributed by atoms with Gasteiger partial charge in [0.05, 0.1) is 0 Å². The van der Waals surface area contributed by atoms with Gasteiger partial charge in [0, 0.05) is 18.3 Å². The van der Waals surface area contributed by atoms with E-state index in [1.807, 2.05) is 6.07 Å². The molecule has 2 nitrogen and oxygen atoms in total. The highest BCUT2D eigenvalue weighted by Crippen LogP contribution is 2.27. The van der Waals surface area contributed by atoms with Gasteiger partial charge in [0.15, 0.2) is 0 Å². The Bertz CT molecular complexity index is 314. The number of hydrogen-bond donors (Lipinski definition) is 1. The van der Waals surface area contributed by atoms with Crippen molar-refractivity contribution in [3.05, 3.63) is 23.8 Å². The zero-order chi connectivity index (χ0) is 9.26. The predicted octanol–water partition coefficient (Wildman–Crippen LogP) is 2.26. The van der Waals surface area contributed by atoms with E-state index in [1.54, 1.807) is 12.1 Å². The Labute approximate surface area is 74.5 Å². The molecule has 2 rings (SSSR count). The summed E-state index contributed by atoms with van der Waals surface area (Å²) in [5.74, 6) is 0.211. The molecule has 0 saturated carbocycles. The van der Waals surface area contributed by atoms with Crippen molar-refractivity contribution >= 4 is 5.69 Å². The maximum atomic E-state index is 11.8. The van der Waals surface area contributed by atoms with Gasteiger partial charge < -0.3 is 10.1 Å². The molecule has 0 aliphatic carbocycles. The minimum absolute atomic E-state index is 0.211. The van der Waals surface area contributed by atoms with E-state index in [-0.39, 0.29) is 5.75 Å². The van der Waals surface area contributed by atoms with Crippen LogP contribution in [0.5, 0.6) is 5.75 Å². The highest BCUT2D eigenvalue weighted by molar-refractivity contribution is 5.58. The van der Waals surface area contributed by atoms with Crippen LogP contribution in [0.2, 0.25) is 0 Å². The summed E-state index contributed by atoms with van der Waals surface area (Å²) in [6, 6.07) is 4.99. The molecule has 1 aliphatic rings. The molecule has 0 spiro atoms. The molecule has 70 valence electrons. The van der Waals surface area contributed by atoms with E-state index in [0.29, 0.717) is 0 Å². The summed E-state index contributed by atoms with van der Waals surface area (Å²) in [5, 5.41) is 3.09. The number of fused-ring (bicyclic) bond motifs is 1. The van der Waals surface area contributed by atoms with Gasteiger partial charge in [0.25, 0.3) is 0 Å². The van der Waals surface area contributed by atoms with Crippen LogP contribution < -0.4 is 10.1 Å². The van der Waals surface area contributed by atoms with Crippen molar-refractivity contribution in [2.75, 3.05) is 11.9 Å². The van der Waals surface area contributed by atoms with Gasteiger partial charge >= 0.3 is 6.61 Å². The zero-order valence-electron chi connectivity index (χ0n) is 6.89. The van der Waals surface area contributed by atoms with Gasteiger partial charge in [-0.25, -0.2) is 0 Å². The van der Waals surface area contributed by atoms with E-state index in [2.05, 4.69) is 10.1 Å². The van der Waals surface area contributed by atoms with E-state index in [4.69, 9.17) is 0 Å². The van der Waals surface area contributed by atoms with E-state index >= 15 is 0 Å². The van der Waals surface area contributed by atoms with Crippen molar-refractivity contribution < 1.29 is 13.5 Å². The topological polar surface area (TPSA) is 21.3 Å². The first-order chi connectivity index (χ1) is 6.25. The third kappa shape index (κ3) is 1.71. The quantitative estimate of drug-likeness (QED) is 0.763. The number of ether oxygens (including phenoxy) is 1. The second-order valence-corrected chi connectivity index (χ2v) is 2.87. The molecule has 1 aromatic rings. The van der Waals surface area contributed by atoms with Crippen LogP contribution in [0.25, 0.3) is 0 Å². The average molecular weight is 185 g/mol. The lowest BCUT2D eigenvalue weighted by molar-refractivity contribution is -0.0498. The third-order valence-electron chi connectivity index (χ3n) is 2.02. The SMILES string of the molecule is FC(F)Oc1ccc2c(c1)NCC2. The van der Waals surface area contributed by atoms with Crippen molar-refractivity contribution in [2.24, 2.45) is 0 Å². The Morgan fingerprint density at radius 1 is 1.38 bits per heavy atom. The van der Waals surface area contributed by atoms with Crippen LogP contribution in [-0.2, 0) is 6.42 Å². The monoisotopic (exact) mass is 185 g/mol. The molecule has 0 atom stereocenters. The largest absolute Gasteiger partial charge is 0.435 e. The fraction of sp³-hybridized carbons (Fsp3) is 0.333. The summed E-state index contributed by atoms with van der Waals surface area (Å²) in [6.07, 6.45) is 0.949. The molecule has 13 heavy (non-hydrogen) atoms. The molecule has 0 radical (unpaired) electrons. The van der Waals surface area contributed by atoms with Crippen LogP contribution in [0.4, 0.5) is 14.5 Å².